The first-order valence-corrected chi connectivity index (χ1v) is 6.39. The van der Waals surface area contributed by atoms with Crippen molar-refractivity contribution in [1.82, 2.24) is 4.98 Å². The van der Waals surface area contributed by atoms with Gasteiger partial charge in [0, 0.05) is 10.5 Å². The molecule has 1 atom stereocenters. The minimum absolute atomic E-state index is 0.274. The summed E-state index contributed by atoms with van der Waals surface area (Å²) >= 11 is 1.21. The van der Waals surface area contributed by atoms with E-state index in [-0.39, 0.29) is 5.56 Å². The van der Waals surface area contributed by atoms with E-state index in [2.05, 4.69) is 4.98 Å². The summed E-state index contributed by atoms with van der Waals surface area (Å²) < 4.78 is 19.1. The zero-order valence-electron chi connectivity index (χ0n) is 10.4. The zero-order valence-corrected chi connectivity index (χ0v) is 11.2. The van der Waals surface area contributed by atoms with Crippen LogP contribution >= 0.6 is 11.8 Å². The van der Waals surface area contributed by atoms with Gasteiger partial charge in [-0.3, -0.25) is 0 Å². The van der Waals surface area contributed by atoms with Crippen LogP contribution in [0.25, 0.3) is 0 Å². The number of benzene rings is 1. The molecule has 18 heavy (non-hydrogen) atoms. The van der Waals surface area contributed by atoms with Gasteiger partial charge in [-0.05, 0) is 44.7 Å². The number of halogens is 1. The Balaban J connectivity index is 2.37. The van der Waals surface area contributed by atoms with Gasteiger partial charge in [-0.15, -0.1) is 0 Å². The summed E-state index contributed by atoms with van der Waals surface area (Å²) in [6.45, 7) is 5.21. The molecule has 1 aromatic carbocycles. The summed E-state index contributed by atoms with van der Waals surface area (Å²) in [5, 5.41) is 10.1. The lowest BCUT2D eigenvalue weighted by Gasteiger charge is -2.10. The van der Waals surface area contributed by atoms with Crippen LogP contribution in [0.2, 0.25) is 0 Å². The van der Waals surface area contributed by atoms with Gasteiger partial charge in [0.1, 0.15) is 11.6 Å². The topological polar surface area (TPSA) is 46.3 Å². The van der Waals surface area contributed by atoms with Crippen LogP contribution < -0.4 is 0 Å². The zero-order chi connectivity index (χ0) is 13.3. The van der Waals surface area contributed by atoms with E-state index < -0.39 is 11.9 Å². The summed E-state index contributed by atoms with van der Waals surface area (Å²) in [5.41, 5.74) is 1.09. The van der Waals surface area contributed by atoms with E-state index in [1.807, 2.05) is 13.8 Å². The van der Waals surface area contributed by atoms with E-state index in [1.165, 1.54) is 24.8 Å². The monoisotopic (exact) mass is 267 g/mol. The van der Waals surface area contributed by atoms with Crippen LogP contribution in [-0.2, 0) is 0 Å². The number of nitrogens with zero attached hydrogens (tertiary/aromatic N) is 1. The fourth-order valence-corrected chi connectivity index (χ4v) is 2.65. The predicted molar refractivity (Wildman–Crippen MR) is 67.1 cm³/mol. The molecule has 96 valence electrons. The van der Waals surface area contributed by atoms with Gasteiger partial charge < -0.3 is 9.52 Å². The molecule has 0 spiro atoms. The van der Waals surface area contributed by atoms with Crippen molar-refractivity contribution >= 4 is 11.8 Å². The fraction of sp³-hybridized carbons (Fsp3) is 0.308. The predicted octanol–water partition coefficient (Wildman–Crippen LogP) is 3.64. The lowest BCUT2D eigenvalue weighted by Crippen LogP contribution is -1.98. The van der Waals surface area contributed by atoms with E-state index in [0.717, 1.165) is 11.5 Å². The molecule has 0 radical (unpaired) electrons. The van der Waals surface area contributed by atoms with Gasteiger partial charge in [-0.2, -0.15) is 0 Å². The van der Waals surface area contributed by atoms with Crippen LogP contribution in [0.3, 0.4) is 0 Å². The molecule has 0 aliphatic carbocycles. The second-order valence-electron chi connectivity index (χ2n) is 4.05. The average Bonchev–Trinajstić information content (AvgIpc) is 2.57. The third-order valence-corrected chi connectivity index (χ3v) is 3.56. The van der Waals surface area contributed by atoms with Gasteiger partial charge in [0.2, 0.25) is 0 Å². The number of hydrogen-bond donors (Lipinski definition) is 1. The van der Waals surface area contributed by atoms with Gasteiger partial charge >= 0.3 is 0 Å². The molecule has 0 aliphatic rings. The van der Waals surface area contributed by atoms with E-state index in [1.54, 1.807) is 12.1 Å². The molecule has 2 rings (SSSR count). The van der Waals surface area contributed by atoms with E-state index in [9.17, 15) is 9.50 Å². The summed E-state index contributed by atoms with van der Waals surface area (Å²) in [6, 6.07) is 4.68. The second kappa shape index (κ2) is 5.12. The van der Waals surface area contributed by atoms with Gasteiger partial charge in [0.15, 0.2) is 0 Å². The summed E-state index contributed by atoms with van der Waals surface area (Å²) in [6.07, 6.45) is -0.870. The van der Waals surface area contributed by atoms with Crippen molar-refractivity contribution in [3.05, 3.63) is 41.0 Å². The molecular weight excluding hydrogens is 253 g/mol. The molecule has 0 fully saturated rings. The Morgan fingerprint density at radius 2 is 2.11 bits per heavy atom. The molecule has 1 aromatic heterocycles. The lowest BCUT2D eigenvalue weighted by atomic mass is 10.1. The maximum absolute atomic E-state index is 13.7. The molecule has 0 amide bonds. The van der Waals surface area contributed by atoms with Crippen molar-refractivity contribution < 1.29 is 13.9 Å². The summed E-state index contributed by atoms with van der Waals surface area (Å²) in [5.74, 6) is 0.322. The quantitative estimate of drug-likeness (QED) is 0.922. The van der Waals surface area contributed by atoms with Crippen molar-refractivity contribution in [2.24, 2.45) is 0 Å². The molecule has 1 heterocycles. The van der Waals surface area contributed by atoms with Crippen LogP contribution in [0.4, 0.5) is 4.39 Å². The molecule has 1 N–H and O–H groups in total. The lowest BCUT2D eigenvalue weighted by molar-refractivity contribution is 0.191. The standard InChI is InChI=1S/C13H14FNO2S/c1-7-9(3)17-13(15-7)18-11-6-4-5-10(14)12(11)8(2)16/h4-6,8,16H,1-3H3/t8-/m1/s1. The van der Waals surface area contributed by atoms with Crippen LogP contribution in [0.5, 0.6) is 0 Å². The molecular formula is C13H14FNO2S. The number of aromatic nitrogens is 1. The van der Waals surface area contributed by atoms with Crippen molar-refractivity contribution in [1.29, 1.82) is 0 Å². The van der Waals surface area contributed by atoms with Crippen molar-refractivity contribution in [3.8, 4) is 0 Å². The molecule has 2 aromatic rings. The van der Waals surface area contributed by atoms with E-state index in [0.29, 0.717) is 10.1 Å². The van der Waals surface area contributed by atoms with E-state index in [4.69, 9.17) is 4.42 Å². The Hall–Kier alpha value is -1.33. The minimum atomic E-state index is -0.870. The highest BCUT2D eigenvalue weighted by Gasteiger charge is 2.16. The highest BCUT2D eigenvalue weighted by molar-refractivity contribution is 7.99. The molecule has 0 unspecified atom stereocenters. The summed E-state index contributed by atoms with van der Waals surface area (Å²) in [7, 11) is 0. The van der Waals surface area contributed by atoms with Gasteiger partial charge in [-0.1, -0.05) is 6.07 Å². The fourth-order valence-electron chi connectivity index (χ4n) is 1.59. The number of rotatable bonds is 3. The third kappa shape index (κ3) is 2.57. The van der Waals surface area contributed by atoms with Crippen LogP contribution in [0, 0.1) is 19.7 Å². The normalized spacial score (nSPS) is 12.7. The Labute approximate surface area is 109 Å². The third-order valence-electron chi connectivity index (χ3n) is 2.64. The maximum atomic E-state index is 13.7. The largest absolute Gasteiger partial charge is 0.436 e. The van der Waals surface area contributed by atoms with Crippen molar-refractivity contribution in [2.45, 2.75) is 37.0 Å². The SMILES string of the molecule is Cc1nc(Sc2cccc(F)c2[C@@H](C)O)oc1C. The highest BCUT2D eigenvalue weighted by Crippen LogP contribution is 2.34. The Morgan fingerprint density at radius 1 is 1.39 bits per heavy atom. The molecule has 0 saturated carbocycles. The molecule has 5 heteroatoms. The molecule has 0 bridgehead atoms. The van der Waals surface area contributed by atoms with Crippen LogP contribution in [-0.4, -0.2) is 10.1 Å². The Kier molecular flexibility index (Phi) is 3.73. The molecule has 0 aliphatic heterocycles. The van der Waals surface area contributed by atoms with E-state index >= 15 is 0 Å². The van der Waals surface area contributed by atoms with Gasteiger partial charge in [0.25, 0.3) is 5.22 Å². The number of aliphatic hydroxyl groups excluding tert-OH is 1. The number of aryl methyl sites for hydroxylation is 2. The number of oxazole rings is 1. The first-order chi connectivity index (χ1) is 8.49. The average molecular weight is 267 g/mol. The summed E-state index contributed by atoms with van der Waals surface area (Å²) in [4.78, 5) is 4.84. The Bertz CT molecular complexity index is 547. The van der Waals surface area contributed by atoms with Gasteiger partial charge in [-0.25, -0.2) is 9.37 Å². The second-order valence-corrected chi connectivity index (χ2v) is 5.04. The smallest absolute Gasteiger partial charge is 0.261 e. The maximum Gasteiger partial charge on any atom is 0.261 e. The first-order valence-electron chi connectivity index (χ1n) is 5.57. The number of aliphatic hydroxyl groups is 1. The van der Waals surface area contributed by atoms with Crippen molar-refractivity contribution in [3.63, 3.8) is 0 Å². The highest BCUT2D eigenvalue weighted by atomic mass is 32.2. The first kappa shape index (κ1) is 13.1. The van der Waals surface area contributed by atoms with Crippen LogP contribution in [0.1, 0.15) is 30.0 Å². The number of hydrogen-bond acceptors (Lipinski definition) is 4. The molecule has 3 nitrogen and oxygen atoms in total. The minimum Gasteiger partial charge on any atom is -0.436 e. The molecule has 0 saturated heterocycles. The van der Waals surface area contributed by atoms with Gasteiger partial charge in [0.05, 0.1) is 11.8 Å². The van der Waals surface area contributed by atoms with Crippen molar-refractivity contribution in [2.75, 3.05) is 0 Å². The van der Waals surface area contributed by atoms with Crippen LogP contribution in [0.15, 0.2) is 32.7 Å². The Morgan fingerprint density at radius 3 is 2.67 bits per heavy atom.